The van der Waals surface area contributed by atoms with Crippen molar-refractivity contribution < 1.29 is 5.11 Å². The van der Waals surface area contributed by atoms with Crippen molar-refractivity contribution in [3.8, 4) is 0 Å². The minimum Gasteiger partial charge on any atom is -0.383 e. The highest BCUT2D eigenvalue weighted by Crippen LogP contribution is 2.28. The number of nitrogens with one attached hydrogen (secondary N) is 1. The zero-order valence-electron chi connectivity index (χ0n) is 14.0. The van der Waals surface area contributed by atoms with Crippen LogP contribution in [0.3, 0.4) is 0 Å². The molecule has 0 spiro atoms. The standard InChI is InChI=1S/C18H22ClN3O.HI/c1-12-8-9-14(10-13(12)2)22-17(20)21-11-18(3,23)15-6-4-5-7-16(15)19;/h4-10,23H,11H2,1-3H3,(H3,20,21,22);1H. The second kappa shape index (κ2) is 8.69. The van der Waals surface area contributed by atoms with Crippen LogP contribution < -0.4 is 11.1 Å². The molecule has 0 amide bonds. The summed E-state index contributed by atoms with van der Waals surface area (Å²) in [5, 5.41) is 14.1. The van der Waals surface area contributed by atoms with Crippen LogP contribution in [-0.4, -0.2) is 17.6 Å². The molecule has 0 fully saturated rings. The molecule has 1 atom stereocenters. The first-order valence-corrected chi connectivity index (χ1v) is 7.79. The van der Waals surface area contributed by atoms with E-state index >= 15 is 0 Å². The Bertz CT molecular complexity index is 732. The lowest BCUT2D eigenvalue weighted by Gasteiger charge is -2.23. The molecule has 0 radical (unpaired) electrons. The van der Waals surface area contributed by atoms with E-state index in [-0.39, 0.29) is 36.5 Å². The van der Waals surface area contributed by atoms with Crippen LogP contribution in [0.5, 0.6) is 0 Å². The van der Waals surface area contributed by atoms with Crippen molar-refractivity contribution in [3.63, 3.8) is 0 Å². The molecule has 0 heterocycles. The number of rotatable bonds is 4. The number of aliphatic hydroxyl groups is 1. The molecule has 4 nitrogen and oxygen atoms in total. The summed E-state index contributed by atoms with van der Waals surface area (Å²) in [4.78, 5) is 4.24. The molecule has 0 aromatic heterocycles. The molecular weight excluding hydrogens is 437 g/mol. The van der Waals surface area contributed by atoms with Gasteiger partial charge >= 0.3 is 0 Å². The van der Waals surface area contributed by atoms with E-state index < -0.39 is 5.60 Å². The fourth-order valence-corrected chi connectivity index (χ4v) is 2.57. The van der Waals surface area contributed by atoms with E-state index in [0.717, 1.165) is 5.69 Å². The first-order chi connectivity index (χ1) is 10.8. The average molecular weight is 460 g/mol. The van der Waals surface area contributed by atoms with Crippen LogP contribution in [0.1, 0.15) is 23.6 Å². The number of benzene rings is 2. The Morgan fingerprint density at radius 3 is 2.50 bits per heavy atom. The number of anilines is 1. The molecule has 2 aromatic rings. The normalized spacial score (nSPS) is 13.8. The van der Waals surface area contributed by atoms with E-state index in [9.17, 15) is 5.11 Å². The molecule has 6 heteroatoms. The van der Waals surface area contributed by atoms with Crippen molar-refractivity contribution >= 4 is 47.2 Å². The van der Waals surface area contributed by atoms with Gasteiger partial charge in [-0.3, -0.25) is 0 Å². The van der Waals surface area contributed by atoms with Gasteiger partial charge in [0.25, 0.3) is 0 Å². The largest absolute Gasteiger partial charge is 0.383 e. The van der Waals surface area contributed by atoms with Gasteiger partial charge in [0.2, 0.25) is 0 Å². The number of hydrogen-bond donors (Lipinski definition) is 3. The average Bonchev–Trinajstić information content (AvgIpc) is 2.49. The Kier molecular flexibility index (Phi) is 7.51. The van der Waals surface area contributed by atoms with Crippen LogP contribution in [-0.2, 0) is 5.60 Å². The summed E-state index contributed by atoms with van der Waals surface area (Å²) in [6.45, 7) is 5.87. The predicted molar refractivity (Wildman–Crippen MR) is 112 cm³/mol. The van der Waals surface area contributed by atoms with E-state index in [1.165, 1.54) is 11.1 Å². The van der Waals surface area contributed by atoms with Gasteiger partial charge in [-0.2, -0.15) is 0 Å². The molecule has 4 N–H and O–H groups in total. The number of aliphatic imine (C=N–C) groups is 1. The number of aryl methyl sites for hydroxylation is 2. The van der Waals surface area contributed by atoms with Crippen molar-refractivity contribution in [2.45, 2.75) is 26.4 Å². The summed E-state index contributed by atoms with van der Waals surface area (Å²) in [5.74, 6) is 0.251. The second-order valence-corrected chi connectivity index (χ2v) is 6.29. The second-order valence-electron chi connectivity index (χ2n) is 5.88. The van der Waals surface area contributed by atoms with Crippen LogP contribution in [0.2, 0.25) is 5.02 Å². The van der Waals surface area contributed by atoms with E-state index in [4.69, 9.17) is 17.3 Å². The van der Waals surface area contributed by atoms with Gasteiger partial charge < -0.3 is 16.2 Å². The quantitative estimate of drug-likeness (QED) is 0.364. The lowest BCUT2D eigenvalue weighted by atomic mass is 9.96. The van der Waals surface area contributed by atoms with Gasteiger partial charge in [-0.15, -0.1) is 24.0 Å². The number of nitrogens with two attached hydrogens (primary N) is 1. The molecule has 0 aliphatic carbocycles. The fourth-order valence-electron chi connectivity index (χ4n) is 2.23. The summed E-state index contributed by atoms with van der Waals surface area (Å²) < 4.78 is 0. The Morgan fingerprint density at radius 1 is 1.21 bits per heavy atom. The topological polar surface area (TPSA) is 70.6 Å². The van der Waals surface area contributed by atoms with Gasteiger partial charge in [0, 0.05) is 16.3 Å². The summed E-state index contributed by atoms with van der Waals surface area (Å²) in [6, 6.07) is 13.1. The highest BCUT2D eigenvalue weighted by Gasteiger charge is 2.25. The lowest BCUT2D eigenvalue weighted by Crippen LogP contribution is -2.30. The van der Waals surface area contributed by atoms with Crippen molar-refractivity contribution in [2.75, 3.05) is 11.9 Å². The smallest absolute Gasteiger partial charge is 0.193 e. The molecule has 0 bridgehead atoms. The van der Waals surface area contributed by atoms with E-state index in [2.05, 4.69) is 17.2 Å². The van der Waals surface area contributed by atoms with E-state index in [1.807, 2.05) is 37.3 Å². The predicted octanol–water partition coefficient (Wildman–Crippen LogP) is 4.21. The summed E-state index contributed by atoms with van der Waals surface area (Å²) >= 11 is 6.13. The fraction of sp³-hybridized carbons (Fsp3) is 0.278. The van der Waals surface area contributed by atoms with Gasteiger partial charge in [0.1, 0.15) is 5.60 Å². The molecule has 130 valence electrons. The molecule has 1 unspecified atom stereocenters. The zero-order valence-corrected chi connectivity index (χ0v) is 17.1. The molecule has 24 heavy (non-hydrogen) atoms. The Balaban J connectivity index is 0.00000288. The Hall–Kier alpha value is -1.31. The van der Waals surface area contributed by atoms with Crippen LogP contribution in [0.4, 0.5) is 5.69 Å². The summed E-state index contributed by atoms with van der Waals surface area (Å²) in [5.41, 5.74) is 8.61. The van der Waals surface area contributed by atoms with Gasteiger partial charge in [0.05, 0.1) is 6.54 Å². The van der Waals surface area contributed by atoms with Gasteiger partial charge in [-0.25, -0.2) is 4.99 Å². The third kappa shape index (κ3) is 5.36. The monoisotopic (exact) mass is 459 g/mol. The first-order valence-electron chi connectivity index (χ1n) is 7.41. The maximum Gasteiger partial charge on any atom is 0.193 e. The molecule has 0 saturated carbocycles. The number of hydrogen-bond acceptors (Lipinski definition) is 2. The van der Waals surface area contributed by atoms with Crippen molar-refractivity contribution in [3.05, 3.63) is 64.2 Å². The van der Waals surface area contributed by atoms with Crippen LogP contribution in [0.25, 0.3) is 0 Å². The molecule has 2 rings (SSSR count). The number of guanidine groups is 1. The van der Waals surface area contributed by atoms with Crippen LogP contribution >= 0.6 is 35.6 Å². The molecule has 0 aliphatic heterocycles. The van der Waals surface area contributed by atoms with E-state index in [1.54, 1.807) is 19.1 Å². The third-order valence-corrected chi connectivity index (χ3v) is 4.12. The van der Waals surface area contributed by atoms with Crippen molar-refractivity contribution in [1.29, 1.82) is 0 Å². The van der Waals surface area contributed by atoms with Gasteiger partial charge in [-0.1, -0.05) is 35.9 Å². The van der Waals surface area contributed by atoms with Gasteiger partial charge in [0.15, 0.2) is 5.96 Å². The summed E-state index contributed by atoms with van der Waals surface area (Å²) in [7, 11) is 0. The zero-order chi connectivity index (χ0) is 17.0. The molecular formula is C18H23ClIN3O. The molecule has 0 saturated heterocycles. The first kappa shape index (κ1) is 20.7. The van der Waals surface area contributed by atoms with Crippen LogP contribution in [0.15, 0.2) is 47.5 Å². The molecule has 0 aliphatic rings. The number of halogens is 2. The maximum absolute atomic E-state index is 10.6. The van der Waals surface area contributed by atoms with Crippen molar-refractivity contribution in [1.82, 2.24) is 0 Å². The molecule has 2 aromatic carbocycles. The minimum absolute atomic E-state index is 0. The van der Waals surface area contributed by atoms with Crippen LogP contribution in [0, 0.1) is 13.8 Å². The summed E-state index contributed by atoms with van der Waals surface area (Å²) in [6.07, 6.45) is 0. The Labute approximate surface area is 165 Å². The third-order valence-electron chi connectivity index (χ3n) is 3.79. The van der Waals surface area contributed by atoms with E-state index in [0.29, 0.717) is 10.6 Å². The van der Waals surface area contributed by atoms with Gasteiger partial charge in [-0.05, 0) is 50.1 Å². The van der Waals surface area contributed by atoms with Crippen molar-refractivity contribution in [2.24, 2.45) is 10.7 Å². The highest BCUT2D eigenvalue weighted by molar-refractivity contribution is 14.0. The highest BCUT2D eigenvalue weighted by atomic mass is 127. The Morgan fingerprint density at radius 2 is 1.88 bits per heavy atom. The number of nitrogens with zero attached hydrogens (tertiary/aromatic N) is 1. The minimum atomic E-state index is -1.19. The SMILES string of the molecule is Cc1ccc(NC(N)=NCC(C)(O)c2ccccc2Cl)cc1C.I. The maximum atomic E-state index is 10.6. The lowest BCUT2D eigenvalue weighted by molar-refractivity contribution is 0.0675.